The van der Waals surface area contributed by atoms with Gasteiger partial charge in [-0.2, -0.15) is 5.26 Å². The fourth-order valence-corrected chi connectivity index (χ4v) is 3.26. The number of nitrogens with zero attached hydrogens (tertiary/aromatic N) is 4. The van der Waals surface area contributed by atoms with E-state index in [9.17, 15) is 5.26 Å². The SMILES string of the molecule is CSc1nccc(C(C#N)c2nc3ccccc3s2)n1. The van der Waals surface area contributed by atoms with Crippen molar-refractivity contribution >= 4 is 33.3 Å². The minimum Gasteiger partial charge on any atom is -0.239 e. The number of nitriles is 1. The molecule has 1 aromatic carbocycles. The predicted octanol–water partition coefficient (Wildman–Crippen LogP) is 3.46. The maximum atomic E-state index is 9.47. The van der Waals surface area contributed by atoms with Gasteiger partial charge in [0.05, 0.1) is 22.0 Å². The number of benzene rings is 1. The van der Waals surface area contributed by atoms with Gasteiger partial charge in [0.2, 0.25) is 0 Å². The molecule has 3 aromatic rings. The van der Waals surface area contributed by atoms with Crippen molar-refractivity contribution in [2.24, 2.45) is 0 Å². The van der Waals surface area contributed by atoms with Crippen molar-refractivity contribution in [1.29, 1.82) is 5.26 Å². The van der Waals surface area contributed by atoms with Crippen LogP contribution in [-0.2, 0) is 0 Å². The Kier molecular flexibility index (Phi) is 3.63. The molecule has 0 N–H and O–H groups in total. The van der Waals surface area contributed by atoms with E-state index in [4.69, 9.17) is 0 Å². The summed E-state index contributed by atoms with van der Waals surface area (Å²) >= 11 is 3.00. The molecule has 0 saturated heterocycles. The number of thioether (sulfide) groups is 1. The van der Waals surface area contributed by atoms with E-state index < -0.39 is 5.92 Å². The lowest BCUT2D eigenvalue weighted by Crippen LogP contribution is -2.02. The monoisotopic (exact) mass is 298 g/mol. The maximum Gasteiger partial charge on any atom is 0.187 e. The average molecular weight is 298 g/mol. The maximum absolute atomic E-state index is 9.47. The van der Waals surface area contributed by atoms with E-state index in [1.54, 1.807) is 12.3 Å². The molecule has 0 aliphatic rings. The van der Waals surface area contributed by atoms with Crippen molar-refractivity contribution in [2.75, 3.05) is 6.26 Å². The molecule has 4 nitrogen and oxygen atoms in total. The minimum atomic E-state index is -0.443. The first-order valence-electron chi connectivity index (χ1n) is 5.94. The fraction of sp³-hybridized carbons (Fsp3) is 0.143. The summed E-state index contributed by atoms with van der Waals surface area (Å²) in [5, 5.41) is 10.9. The summed E-state index contributed by atoms with van der Waals surface area (Å²) in [6, 6.07) is 12.0. The van der Waals surface area contributed by atoms with E-state index in [1.807, 2.05) is 30.5 Å². The van der Waals surface area contributed by atoms with E-state index in [-0.39, 0.29) is 0 Å². The van der Waals surface area contributed by atoms with Crippen LogP contribution in [0.3, 0.4) is 0 Å². The summed E-state index contributed by atoms with van der Waals surface area (Å²) < 4.78 is 1.09. The first kappa shape index (κ1) is 13.0. The number of thiazole rings is 1. The zero-order chi connectivity index (χ0) is 13.9. The molecule has 0 aliphatic carbocycles. The van der Waals surface area contributed by atoms with Gasteiger partial charge in [0.25, 0.3) is 0 Å². The van der Waals surface area contributed by atoms with E-state index in [0.717, 1.165) is 15.2 Å². The van der Waals surface area contributed by atoms with Gasteiger partial charge >= 0.3 is 0 Å². The lowest BCUT2D eigenvalue weighted by atomic mass is 10.1. The van der Waals surface area contributed by atoms with Crippen molar-refractivity contribution in [1.82, 2.24) is 15.0 Å². The largest absolute Gasteiger partial charge is 0.239 e. The Labute approximate surface area is 124 Å². The topological polar surface area (TPSA) is 62.5 Å². The molecule has 20 heavy (non-hydrogen) atoms. The van der Waals surface area contributed by atoms with Crippen molar-refractivity contribution in [2.45, 2.75) is 11.1 Å². The van der Waals surface area contributed by atoms with Gasteiger partial charge in [-0.3, -0.25) is 0 Å². The first-order chi connectivity index (χ1) is 9.81. The molecule has 0 spiro atoms. The van der Waals surface area contributed by atoms with Crippen molar-refractivity contribution in [3.8, 4) is 6.07 Å². The number of hydrogen-bond acceptors (Lipinski definition) is 6. The number of para-hydroxylation sites is 1. The van der Waals surface area contributed by atoms with Crippen molar-refractivity contribution in [3.05, 3.63) is 47.2 Å². The second kappa shape index (κ2) is 5.57. The Hall–Kier alpha value is -1.97. The Balaban J connectivity index is 2.06. The van der Waals surface area contributed by atoms with E-state index in [0.29, 0.717) is 10.9 Å². The van der Waals surface area contributed by atoms with Gasteiger partial charge in [-0.1, -0.05) is 23.9 Å². The fourth-order valence-electron chi connectivity index (χ4n) is 1.87. The molecule has 6 heteroatoms. The van der Waals surface area contributed by atoms with Crippen LogP contribution in [0.4, 0.5) is 0 Å². The number of aromatic nitrogens is 3. The van der Waals surface area contributed by atoms with Gasteiger partial charge in [0.1, 0.15) is 10.9 Å². The summed E-state index contributed by atoms with van der Waals surface area (Å²) in [5.74, 6) is -0.443. The summed E-state index contributed by atoms with van der Waals surface area (Å²) in [6.45, 7) is 0. The zero-order valence-corrected chi connectivity index (χ0v) is 12.3. The minimum absolute atomic E-state index is 0.443. The molecule has 0 amide bonds. The molecule has 98 valence electrons. The Morgan fingerprint density at radius 2 is 2.10 bits per heavy atom. The smallest absolute Gasteiger partial charge is 0.187 e. The summed E-state index contributed by atoms with van der Waals surface area (Å²) in [7, 11) is 0. The lowest BCUT2D eigenvalue weighted by Gasteiger charge is -2.05. The first-order valence-corrected chi connectivity index (χ1v) is 7.98. The molecule has 0 fully saturated rings. The Morgan fingerprint density at radius 3 is 2.85 bits per heavy atom. The van der Waals surface area contributed by atoms with Crippen LogP contribution < -0.4 is 0 Å². The second-order valence-corrected chi connectivity index (χ2v) is 5.89. The molecule has 1 unspecified atom stereocenters. The predicted molar refractivity (Wildman–Crippen MR) is 80.9 cm³/mol. The van der Waals surface area contributed by atoms with E-state index >= 15 is 0 Å². The van der Waals surface area contributed by atoms with E-state index in [1.165, 1.54) is 23.1 Å². The highest BCUT2D eigenvalue weighted by Gasteiger charge is 2.20. The number of fused-ring (bicyclic) bond motifs is 1. The standard InChI is InChI=1S/C14H10N4S2/c1-19-14-16-7-6-10(18-14)9(8-15)13-17-11-4-2-3-5-12(11)20-13/h2-7,9H,1H3. The highest BCUT2D eigenvalue weighted by atomic mass is 32.2. The van der Waals surface area contributed by atoms with Crippen LogP contribution in [0.15, 0.2) is 41.7 Å². The third kappa shape index (κ3) is 2.38. The van der Waals surface area contributed by atoms with Gasteiger partial charge in [-0.15, -0.1) is 11.3 Å². The van der Waals surface area contributed by atoms with Crippen LogP contribution >= 0.6 is 23.1 Å². The summed E-state index contributed by atoms with van der Waals surface area (Å²) in [4.78, 5) is 13.1. The number of hydrogen-bond donors (Lipinski definition) is 0. The van der Waals surface area contributed by atoms with Crippen LogP contribution in [0.1, 0.15) is 16.6 Å². The Bertz CT molecular complexity index is 758. The van der Waals surface area contributed by atoms with Gasteiger partial charge < -0.3 is 0 Å². The second-order valence-electron chi connectivity index (χ2n) is 4.05. The van der Waals surface area contributed by atoms with Crippen LogP contribution in [0, 0.1) is 11.3 Å². The summed E-state index contributed by atoms with van der Waals surface area (Å²) in [5.41, 5.74) is 1.62. The molecule has 2 aromatic heterocycles. The Morgan fingerprint density at radius 1 is 1.25 bits per heavy atom. The molecule has 0 saturated carbocycles. The van der Waals surface area contributed by atoms with Crippen LogP contribution in [0.2, 0.25) is 0 Å². The zero-order valence-electron chi connectivity index (χ0n) is 10.6. The third-order valence-corrected chi connectivity index (χ3v) is 4.48. The number of rotatable bonds is 3. The van der Waals surface area contributed by atoms with Gasteiger partial charge in [0, 0.05) is 6.20 Å². The van der Waals surface area contributed by atoms with Gasteiger partial charge in [-0.05, 0) is 24.5 Å². The van der Waals surface area contributed by atoms with Gasteiger partial charge in [-0.25, -0.2) is 15.0 Å². The molecular weight excluding hydrogens is 288 g/mol. The molecule has 1 atom stereocenters. The highest BCUT2D eigenvalue weighted by molar-refractivity contribution is 7.98. The normalized spacial score (nSPS) is 12.2. The quantitative estimate of drug-likeness (QED) is 0.547. The molecule has 0 bridgehead atoms. The summed E-state index contributed by atoms with van der Waals surface area (Å²) in [6.07, 6.45) is 3.60. The molecule has 0 radical (unpaired) electrons. The molecule has 3 rings (SSSR count). The van der Waals surface area contributed by atoms with Crippen LogP contribution in [0.25, 0.3) is 10.2 Å². The molecule has 2 heterocycles. The lowest BCUT2D eigenvalue weighted by molar-refractivity contribution is 0.861. The van der Waals surface area contributed by atoms with E-state index in [2.05, 4.69) is 21.0 Å². The van der Waals surface area contributed by atoms with Crippen LogP contribution in [-0.4, -0.2) is 21.2 Å². The van der Waals surface area contributed by atoms with Gasteiger partial charge in [0.15, 0.2) is 5.16 Å². The highest BCUT2D eigenvalue weighted by Crippen LogP contribution is 2.30. The van der Waals surface area contributed by atoms with Crippen molar-refractivity contribution < 1.29 is 0 Å². The third-order valence-electron chi connectivity index (χ3n) is 2.82. The average Bonchev–Trinajstić information content (AvgIpc) is 2.91. The van der Waals surface area contributed by atoms with Crippen LogP contribution in [0.5, 0.6) is 0 Å². The molecular formula is C14H10N4S2. The molecule has 0 aliphatic heterocycles. The van der Waals surface area contributed by atoms with Crippen molar-refractivity contribution in [3.63, 3.8) is 0 Å².